The summed E-state index contributed by atoms with van der Waals surface area (Å²) >= 11 is 0. The highest BCUT2D eigenvalue weighted by Gasteiger charge is 2.29. The SMILES string of the molecule is CC(=O)C(C(=O)OC(C)(C)C)=C(C1=CCCCC1)C1=CCCCC1. The summed E-state index contributed by atoms with van der Waals surface area (Å²) in [5.41, 5.74) is 2.82. The Morgan fingerprint density at radius 2 is 1.42 bits per heavy atom. The smallest absolute Gasteiger partial charge is 0.342 e. The Kier molecular flexibility index (Phi) is 6.20. The molecule has 0 saturated heterocycles. The molecule has 132 valence electrons. The van der Waals surface area contributed by atoms with Gasteiger partial charge in [-0.05, 0) is 95.8 Å². The van der Waals surface area contributed by atoms with Gasteiger partial charge in [-0.2, -0.15) is 0 Å². The van der Waals surface area contributed by atoms with Crippen molar-refractivity contribution in [2.24, 2.45) is 0 Å². The molecule has 2 rings (SSSR count). The fraction of sp³-hybridized carbons (Fsp3) is 0.619. The van der Waals surface area contributed by atoms with E-state index in [1.807, 2.05) is 20.8 Å². The van der Waals surface area contributed by atoms with Crippen LogP contribution in [0.25, 0.3) is 0 Å². The van der Waals surface area contributed by atoms with E-state index >= 15 is 0 Å². The first-order valence-electron chi connectivity index (χ1n) is 9.17. The third-order valence-electron chi connectivity index (χ3n) is 4.43. The first kappa shape index (κ1) is 18.7. The molecule has 0 amide bonds. The van der Waals surface area contributed by atoms with Crippen LogP contribution in [0.5, 0.6) is 0 Å². The van der Waals surface area contributed by atoms with E-state index in [0.29, 0.717) is 0 Å². The number of Topliss-reactive ketones (excluding diaryl/α,β-unsaturated/α-hetero) is 1. The molecular formula is C21H30O3. The lowest BCUT2D eigenvalue weighted by Crippen LogP contribution is -2.28. The van der Waals surface area contributed by atoms with Crippen LogP contribution in [0.2, 0.25) is 0 Å². The fourth-order valence-electron chi connectivity index (χ4n) is 3.41. The lowest BCUT2D eigenvalue weighted by molar-refractivity contribution is -0.150. The van der Waals surface area contributed by atoms with Crippen molar-refractivity contribution in [2.45, 2.75) is 84.7 Å². The Balaban J connectivity index is 2.55. The van der Waals surface area contributed by atoms with E-state index in [-0.39, 0.29) is 11.4 Å². The largest absolute Gasteiger partial charge is 0.456 e. The zero-order valence-electron chi connectivity index (χ0n) is 15.5. The summed E-state index contributed by atoms with van der Waals surface area (Å²) in [5, 5.41) is 0. The van der Waals surface area contributed by atoms with Crippen LogP contribution in [0.3, 0.4) is 0 Å². The predicted molar refractivity (Wildman–Crippen MR) is 96.7 cm³/mol. The number of ether oxygens (including phenoxy) is 1. The zero-order valence-corrected chi connectivity index (χ0v) is 15.5. The van der Waals surface area contributed by atoms with Crippen molar-refractivity contribution >= 4 is 11.8 Å². The van der Waals surface area contributed by atoms with Crippen LogP contribution in [0, 0.1) is 0 Å². The quantitative estimate of drug-likeness (QED) is 0.307. The highest BCUT2D eigenvalue weighted by molar-refractivity contribution is 6.18. The molecule has 0 aromatic rings. The van der Waals surface area contributed by atoms with E-state index < -0.39 is 11.6 Å². The maximum atomic E-state index is 12.8. The van der Waals surface area contributed by atoms with Crippen molar-refractivity contribution in [2.75, 3.05) is 0 Å². The predicted octanol–water partition coefficient (Wildman–Crippen LogP) is 5.21. The van der Waals surface area contributed by atoms with Crippen LogP contribution in [0.15, 0.2) is 34.4 Å². The van der Waals surface area contributed by atoms with Crippen LogP contribution >= 0.6 is 0 Å². The number of hydrogen-bond donors (Lipinski definition) is 0. The minimum atomic E-state index is -0.606. The van der Waals surface area contributed by atoms with Gasteiger partial charge in [0, 0.05) is 0 Å². The average Bonchev–Trinajstić information content (AvgIpc) is 2.52. The number of esters is 1. The van der Waals surface area contributed by atoms with Crippen LogP contribution in [-0.4, -0.2) is 17.4 Å². The van der Waals surface area contributed by atoms with Gasteiger partial charge in [0.25, 0.3) is 0 Å². The summed E-state index contributed by atoms with van der Waals surface area (Å²) < 4.78 is 5.55. The first-order valence-corrected chi connectivity index (χ1v) is 9.17. The Hall–Kier alpha value is -1.64. The second-order valence-corrected chi connectivity index (χ2v) is 7.76. The standard InChI is InChI=1S/C21H30O3/c1-15(22)18(20(23)24-21(2,3)4)19(16-11-7-5-8-12-16)17-13-9-6-10-14-17/h11,13H,5-10,12,14H2,1-4H3. The normalized spacial score (nSPS) is 18.3. The van der Waals surface area contributed by atoms with Gasteiger partial charge in [-0.25, -0.2) is 4.79 Å². The molecule has 0 saturated carbocycles. The molecule has 0 unspecified atom stereocenters. The molecule has 0 bridgehead atoms. The second-order valence-electron chi connectivity index (χ2n) is 7.76. The highest BCUT2D eigenvalue weighted by atomic mass is 16.6. The van der Waals surface area contributed by atoms with Crippen LogP contribution in [0.4, 0.5) is 0 Å². The Morgan fingerprint density at radius 1 is 0.917 bits per heavy atom. The molecule has 0 atom stereocenters. The van der Waals surface area contributed by atoms with Gasteiger partial charge in [0.15, 0.2) is 5.78 Å². The van der Waals surface area contributed by atoms with Crippen LogP contribution < -0.4 is 0 Å². The molecule has 0 aromatic carbocycles. The summed E-state index contributed by atoms with van der Waals surface area (Å²) in [6, 6.07) is 0. The molecule has 0 heterocycles. The van der Waals surface area contributed by atoms with Crippen molar-refractivity contribution in [1.82, 2.24) is 0 Å². The van der Waals surface area contributed by atoms with Gasteiger partial charge in [0.2, 0.25) is 0 Å². The third kappa shape index (κ3) is 4.93. The van der Waals surface area contributed by atoms with Gasteiger partial charge in [-0.1, -0.05) is 12.2 Å². The Labute approximate surface area is 145 Å². The van der Waals surface area contributed by atoms with E-state index in [1.165, 1.54) is 19.8 Å². The molecule has 0 aromatic heterocycles. The Morgan fingerprint density at radius 3 is 1.75 bits per heavy atom. The average molecular weight is 330 g/mol. The minimum absolute atomic E-state index is 0.197. The van der Waals surface area contributed by atoms with Gasteiger partial charge >= 0.3 is 5.97 Å². The lowest BCUT2D eigenvalue weighted by Gasteiger charge is -2.25. The van der Waals surface area contributed by atoms with E-state index in [0.717, 1.165) is 55.2 Å². The lowest BCUT2D eigenvalue weighted by atomic mass is 9.81. The molecule has 3 heteroatoms. The third-order valence-corrected chi connectivity index (χ3v) is 4.43. The number of hydrogen-bond acceptors (Lipinski definition) is 3. The molecule has 0 fully saturated rings. The fourth-order valence-corrected chi connectivity index (χ4v) is 3.41. The number of allylic oxidation sites excluding steroid dienone is 5. The highest BCUT2D eigenvalue weighted by Crippen LogP contribution is 2.36. The molecule has 0 radical (unpaired) electrons. The van der Waals surface area contributed by atoms with Crippen molar-refractivity contribution in [3.63, 3.8) is 0 Å². The topological polar surface area (TPSA) is 43.4 Å². The maximum Gasteiger partial charge on any atom is 0.342 e. The number of rotatable bonds is 4. The molecule has 0 aliphatic heterocycles. The second kappa shape index (κ2) is 7.96. The van der Waals surface area contributed by atoms with E-state index in [1.54, 1.807) is 0 Å². The molecular weight excluding hydrogens is 300 g/mol. The molecule has 0 spiro atoms. The Bertz CT molecular complexity index is 569. The maximum absolute atomic E-state index is 12.8. The van der Waals surface area contributed by atoms with Crippen molar-refractivity contribution < 1.29 is 14.3 Å². The van der Waals surface area contributed by atoms with Gasteiger partial charge in [-0.15, -0.1) is 0 Å². The summed E-state index contributed by atoms with van der Waals surface area (Å²) in [6.45, 7) is 6.98. The van der Waals surface area contributed by atoms with Gasteiger partial charge in [0.1, 0.15) is 11.2 Å². The summed E-state index contributed by atoms with van der Waals surface area (Å²) in [6.07, 6.45) is 12.9. The van der Waals surface area contributed by atoms with Gasteiger partial charge in [-0.3, -0.25) is 4.79 Å². The molecule has 3 nitrogen and oxygen atoms in total. The molecule has 2 aliphatic carbocycles. The number of carbonyl (C=O) groups is 2. The molecule has 24 heavy (non-hydrogen) atoms. The van der Waals surface area contributed by atoms with Gasteiger partial charge in [0.05, 0.1) is 0 Å². The van der Waals surface area contributed by atoms with Crippen molar-refractivity contribution in [1.29, 1.82) is 0 Å². The van der Waals surface area contributed by atoms with Gasteiger partial charge < -0.3 is 4.74 Å². The molecule has 0 N–H and O–H groups in total. The molecule has 2 aliphatic rings. The van der Waals surface area contributed by atoms with Crippen molar-refractivity contribution in [3.8, 4) is 0 Å². The van der Waals surface area contributed by atoms with Crippen LogP contribution in [0.1, 0.15) is 79.1 Å². The number of ketones is 1. The minimum Gasteiger partial charge on any atom is -0.456 e. The van der Waals surface area contributed by atoms with E-state index in [2.05, 4.69) is 12.2 Å². The summed E-state index contributed by atoms with van der Waals surface area (Å²) in [5.74, 6) is -0.680. The number of carbonyl (C=O) groups excluding carboxylic acids is 2. The van der Waals surface area contributed by atoms with Crippen molar-refractivity contribution in [3.05, 3.63) is 34.4 Å². The monoisotopic (exact) mass is 330 g/mol. The zero-order chi connectivity index (χ0) is 17.7. The summed E-state index contributed by atoms with van der Waals surface area (Å²) in [4.78, 5) is 25.2. The first-order chi connectivity index (χ1) is 11.3. The van der Waals surface area contributed by atoms with E-state index in [9.17, 15) is 9.59 Å². The van der Waals surface area contributed by atoms with E-state index in [4.69, 9.17) is 4.74 Å². The van der Waals surface area contributed by atoms with Crippen LogP contribution in [-0.2, 0) is 14.3 Å². The summed E-state index contributed by atoms with van der Waals surface area (Å²) in [7, 11) is 0.